The molecule has 3 nitrogen and oxygen atoms in total. The lowest BCUT2D eigenvalue weighted by Crippen LogP contribution is -1.87. The normalized spacial score (nSPS) is 10.8. The third kappa shape index (κ3) is 0.863. The third-order valence-corrected chi connectivity index (χ3v) is 1.90. The Bertz CT molecular complexity index is 431. The lowest BCUT2D eigenvalue weighted by Gasteiger charge is -1.96. The van der Waals surface area contributed by atoms with Crippen LogP contribution in [0.25, 0.3) is 11.1 Å². The molecule has 2 rings (SSSR count). The van der Waals surface area contributed by atoms with Crippen LogP contribution in [0.5, 0.6) is 0 Å². The Morgan fingerprint density at radius 2 is 2.17 bits per heavy atom. The monoisotopic (exact) mass is 162 g/mol. The summed E-state index contributed by atoms with van der Waals surface area (Å²) in [5.74, 6) is 0. The molecule has 3 heteroatoms. The van der Waals surface area contributed by atoms with E-state index in [1.807, 2.05) is 19.9 Å². The van der Waals surface area contributed by atoms with E-state index in [4.69, 9.17) is 10.2 Å². The molecule has 0 saturated heterocycles. The average Bonchev–Trinajstić information content (AvgIpc) is 2.31. The number of aromatic nitrogens is 1. The number of furan rings is 1. The summed E-state index contributed by atoms with van der Waals surface area (Å²) in [7, 11) is 0. The first-order chi connectivity index (χ1) is 5.68. The number of nitrogens with zero attached hydrogens (tertiary/aromatic N) is 1. The van der Waals surface area contributed by atoms with Crippen molar-refractivity contribution in [2.24, 2.45) is 0 Å². The Hall–Kier alpha value is -1.51. The summed E-state index contributed by atoms with van der Waals surface area (Å²) < 4.78 is 5.17. The zero-order valence-corrected chi connectivity index (χ0v) is 7.09. The molecule has 2 heterocycles. The first-order valence-electron chi connectivity index (χ1n) is 3.79. The maximum absolute atomic E-state index is 5.69. The van der Waals surface area contributed by atoms with Crippen LogP contribution in [-0.4, -0.2) is 4.98 Å². The fraction of sp³-hybridized carbons (Fsp3) is 0.222. The number of rotatable bonds is 0. The van der Waals surface area contributed by atoms with E-state index in [1.54, 1.807) is 0 Å². The molecule has 0 aliphatic heterocycles. The molecule has 2 N–H and O–H groups in total. The van der Waals surface area contributed by atoms with Crippen molar-refractivity contribution in [2.75, 3.05) is 5.73 Å². The van der Waals surface area contributed by atoms with E-state index in [0.29, 0.717) is 11.4 Å². The Kier molecular flexibility index (Phi) is 1.33. The number of fused-ring (bicyclic) bond motifs is 1. The van der Waals surface area contributed by atoms with Gasteiger partial charge in [-0.15, -0.1) is 0 Å². The minimum atomic E-state index is 0.630. The van der Waals surface area contributed by atoms with Crippen LogP contribution >= 0.6 is 0 Å². The molecule has 0 saturated carbocycles. The van der Waals surface area contributed by atoms with Crippen LogP contribution in [0.3, 0.4) is 0 Å². The lowest BCUT2D eigenvalue weighted by atomic mass is 10.2. The van der Waals surface area contributed by atoms with Gasteiger partial charge in [0.05, 0.1) is 11.1 Å². The van der Waals surface area contributed by atoms with Crippen LogP contribution in [-0.2, 0) is 0 Å². The Labute approximate surface area is 70.2 Å². The molecule has 0 aromatic carbocycles. The summed E-state index contributed by atoms with van der Waals surface area (Å²) in [5, 5.41) is 0.931. The van der Waals surface area contributed by atoms with E-state index in [0.717, 1.165) is 16.6 Å². The van der Waals surface area contributed by atoms with Gasteiger partial charge in [0.25, 0.3) is 0 Å². The highest BCUT2D eigenvalue weighted by atomic mass is 16.3. The van der Waals surface area contributed by atoms with Gasteiger partial charge in [0.15, 0.2) is 0 Å². The molecule has 0 atom stereocenters. The summed E-state index contributed by atoms with van der Waals surface area (Å²) >= 11 is 0. The molecule has 0 aliphatic rings. The summed E-state index contributed by atoms with van der Waals surface area (Å²) in [6.45, 7) is 3.94. The van der Waals surface area contributed by atoms with E-state index >= 15 is 0 Å². The minimum Gasteiger partial charge on any atom is -0.444 e. The Morgan fingerprint density at radius 1 is 1.42 bits per heavy atom. The van der Waals surface area contributed by atoms with Crippen molar-refractivity contribution in [1.29, 1.82) is 0 Å². The van der Waals surface area contributed by atoms with Crippen LogP contribution in [0.1, 0.15) is 11.3 Å². The van der Waals surface area contributed by atoms with Gasteiger partial charge in [-0.1, -0.05) is 0 Å². The van der Waals surface area contributed by atoms with E-state index in [1.165, 1.54) is 6.26 Å². The van der Waals surface area contributed by atoms with Crippen molar-refractivity contribution in [3.05, 3.63) is 23.6 Å². The second-order valence-corrected chi connectivity index (χ2v) is 2.95. The average molecular weight is 162 g/mol. The van der Waals surface area contributed by atoms with Crippen LogP contribution in [0.2, 0.25) is 0 Å². The molecular weight excluding hydrogens is 152 g/mol. The summed E-state index contributed by atoms with van der Waals surface area (Å²) in [6, 6.07) is 1.99. The second-order valence-electron chi connectivity index (χ2n) is 2.95. The van der Waals surface area contributed by atoms with Gasteiger partial charge in [-0.25, -0.2) is 4.98 Å². The molecule has 0 aliphatic carbocycles. The highest BCUT2D eigenvalue weighted by Crippen LogP contribution is 2.25. The topological polar surface area (TPSA) is 52.0 Å². The lowest BCUT2D eigenvalue weighted by molar-refractivity contribution is 0.603. The summed E-state index contributed by atoms with van der Waals surface area (Å²) in [4.78, 5) is 4.21. The molecule has 2 aromatic rings. The largest absolute Gasteiger partial charge is 0.444 e. The maximum Gasteiger partial charge on any atom is 0.228 e. The summed E-state index contributed by atoms with van der Waals surface area (Å²) in [5.41, 5.74) is 9.05. The zero-order chi connectivity index (χ0) is 8.72. The van der Waals surface area contributed by atoms with E-state index in [2.05, 4.69) is 4.98 Å². The van der Waals surface area contributed by atoms with Crippen LogP contribution in [0.15, 0.2) is 16.7 Å². The SMILES string of the molecule is Cc1cc(C)c2c(N)coc2n1. The van der Waals surface area contributed by atoms with Gasteiger partial charge in [-0.05, 0) is 25.5 Å². The van der Waals surface area contributed by atoms with Gasteiger partial charge in [0, 0.05) is 5.69 Å². The maximum atomic E-state index is 5.69. The van der Waals surface area contributed by atoms with Gasteiger partial charge in [-0.2, -0.15) is 0 Å². The Morgan fingerprint density at radius 3 is 2.92 bits per heavy atom. The van der Waals surface area contributed by atoms with Gasteiger partial charge in [0.1, 0.15) is 6.26 Å². The zero-order valence-electron chi connectivity index (χ0n) is 7.09. The van der Waals surface area contributed by atoms with E-state index in [-0.39, 0.29) is 0 Å². The number of anilines is 1. The van der Waals surface area contributed by atoms with Crippen molar-refractivity contribution in [1.82, 2.24) is 4.98 Å². The fourth-order valence-corrected chi connectivity index (χ4v) is 1.42. The van der Waals surface area contributed by atoms with Crippen LogP contribution < -0.4 is 5.73 Å². The number of aryl methyl sites for hydroxylation is 2. The predicted octanol–water partition coefficient (Wildman–Crippen LogP) is 2.03. The van der Waals surface area contributed by atoms with Crippen LogP contribution in [0, 0.1) is 13.8 Å². The molecule has 0 amide bonds. The standard InChI is InChI=1S/C9H10N2O/c1-5-3-6(2)11-9-8(5)7(10)4-12-9/h3-4H,10H2,1-2H3. The molecule has 62 valence electrons. The quantitative estimate of drug-likeness (QED) is 0.644. The number of nitrogens with two attached hydrogens (primary N) is 1. The Balaban J connectivity index is 2.93. The predicted molar refractivity (Wildman–Crippen MR) is 47.9 cm³/mol. The van der Waals surface area contributed by atoms with Gasteiger partial charge in [-0.3, -0.25) is 0 Å². The summed E-state index contributed by atoms with van der Waals surface area (Å²) in [6.07, 6.45) is 1.53. The highest BCUT2D eigenvalue weighted by Gasteiger charge is 2.06. The van der Waals surface area contributed by atoms with Crippen molar-refractivity contribution in [3.8, 4) is 0 Å². The van der Waals surface area contributed by atoms with E-state index in [9.17, 15) is 0 Å². The number of hydrogen-bond acceptors (Lipinski definition) is 3. The molecule has 0 bridgehead atoms. The van der Waals surface area contributed by atoms with Crippen molar-refractivity contribution < 1.29 is 4.42 Å². The van der Waals surface area contributed by atoms with Gasteiger partial charge in [0.2, 0.25) is 5.71 Å². The van der Waals surface area contributed by atoms with Crippen molar-refractivity contribution in [2.45, 2.75) is 13.8 Å². The second kappa shape index (κ2) is 2.24. The van der Waals surface area contributed by atoms with Crippen molar-refractivity contribution >= 4 is 16.8 Å². The highest BCUT2D eigenvalue weighted by molar-refractivity contribution is 5.89. The number of nitrogen functional groups attached to an aromatic ring is 1. The molecule has 0 unspecified atom stereocenters. The molecule has 0 spiro atoms. The molecule has 12 heavy (non-hydrogen) atoms. The molecule has 2 aromatic heterocycles. The molecule has 0 fully saturated rings. The van der Waals surface area contributed by atoms with E-state index < -0.39 is 0 Å². The van der Waals surface area contributed by atoms with Gasteiger partial charge < -0.3 is 10.2 Å². The first kappa shape index (κ1) is 7.16. The molecular formula is C9H10N2O. The number of pyridine rings is 1. The molecule has 0 radical (unpaired) electrons. The first-order valence-corrected chi connectivity index (χ1v) is 3.79. The minimum absolute atomic E-state index is 0.630. The smallest absolute Gasteiger partial charge is 0.228 e. The number of hydrogen-bond donors (Lipinski definition) is 1. The fourth-order valence-electron chi connectivity index (χ4n) is 1.42. The van der Waals surface area contributed by atoms with Crippen molar-refractivity contribution in [3.63, 3.8) is 0 Å². The van der Waals surface area contributed by atoms with Gasteiger partial charge >= 0.3 is 0 Å². The third-order valence-electron chi connectivity index (χ3n) is 1.90. The van der Waals surface area contributed by atoms with Crippen LogP contribution in [0.4, 0.5) is 5.69 Å².